The SMILES string of the molecule is CC1(C)CCc2cc3c(C(F)(F)F)cc(=O)oc3cc2NC1. The van der Waals surface area contributed by atoms with E-state index in [1.165, 1.54) is 12.1 Å². The molecule has 1 N–H and O–H groups in total. The Balaban J connectivity index is 2.23. The van der Waals surface area contributed by atoms with Gasteiger partial charge >= 0.3 is 11.8 Å². The molecule has 0 aliphatic carbocycles. The summed E-state index contributed by atoms with van der Waals surface area (Å²) in [5.41, 5.74) is -0.360. The first-order valence-corrected chi connectivity index (χ1v) is 7.08. The van der Waals surface area contributed by atoms with Crippen LogP contribution >= 0.6 is 0 Å². The number of anilines is 1. The molecule has 0 amide bonds. The lowest BCUT2D eigenvalue weighted by atomic mass is 9.87. The number of aryl methyl sites for hydroxylation is 1. The number of fused-ring (bicyclic) bond motifs is 2. The van der Waals surface area contributed by atoms with Crippen LogP contribution in [0.1, 0.15) is 31.4 Å². The Labute approximate surface area is 125 Å². The molecule has 118 valence electrons. The molecule has 2 aromatic rings. The maximum atomic E-state index is 13.1. The van der Waals surface area contributed by atoms with Crippen LogP contribution in [0, 0.1) is 5.41 Å². The van der Waals surface area contributed by atoms with Crippen LogP contribution in [0.4, 0.5) is 18.9 Å². The van der Waals surface area contributed by atoms with E-state index in [1.807, 2.05) is 0 Å². The van der Waals surface area contributed by atoms with Crippen molar-refractivity contribution >= 4 is 16.7 Å². The molecule has 6 heteroatoms. The highest BCUT2D eigenvalue weighted by atomic mass is 19.4. The van der Waals surface area contributed by atoms with Gasteiger partial charge in [-0.15, -0.1) is 0 Å². The average Bonchev–Trinajstić information content (AvgIpc) is 2.54. The number of benzene rings is 1. The summed E-state index contributed by atoms with van der Waals surface area (Å²) in [6, 6.07) is 3.51. The third kappa shape index (κ3) is 2.69. The van der Waals surface area contributed by atoms with E-state index in [1.54, 1.807) is 0 Å². The summed E-state index contributed by atoms with van der Waals surface area (Å²) < 4.78 is 44.4. The topological polar surface area (TPSA) is 42.2 Å². The van der Waals surface area contributed by atoms with Gasteiger partial charge in [-0.3, -0.25) is 0 Å². The summed E-state index contributed by atoms with van der Waals surface area (Å²) in [6.07, 6.45) is -3.03. The van der Waals surface area contributed by atoms with Gasteiger partial charge in [0, 0.05) is 29.8 Å². The van der Waals surface area contributed by atoms with E-state index >= 15 is 0 Å². The molecular formula is C16H16F3NO2. The Kier molecular flexibility index (Phi) is 3.23. The number of hydrogen-bond donors (Lipinski definition) is 1. The Morgan fingerprint density at radius 1 is 1.23 bits per heavy atom. The van der Waals surface area contributed by atoms with Gasteiger partial charge in [0.05, 0.1) is 5.56 Å². The van der Waals surface area contributed by atoms with Crippen molar-refractivity contribution in [1.82, 2.24) is 0 Å². The summed E-state index contributed by atoms with van der Waals surface area (Å²) in [6.45, 7) is 4.93. The van der Waals surface area contributed by atoms with E-state index in [-0.39, 0.29) is 16.4 Å². The standard InChI is InChI=1S/C16H16F3NO2/c1-15(2)4-3-9-5-10-11(16(17,18)19)6-14(21)22-13(10)7-12(9)20-8-15/h5-7,20H,3-4,8H2,1-2H3. The van der Waals surface area contributed by atoms with Gasteiger partial charge in [-0.25, -0.2) is 4.79 Å². The Morgan fingerprint density at radius 2 is 1.95 bits per heavy atom. The summed E-state index contributed by atoms with van der Waals surface area (Å²) in [5, 5.41) is 3.18. The number of rotatable bonds is 0. The van der Waals surface area contributed by atoms with Crippen molar-refractivity contribution < 1.29 is 17.6 Å². The predicted molar refractivity (Wildman–Crippen MR) is 78.1 cm³/mol. The molecule has 0 saturated heterocycles. The highest BCUT2D eigenvalue weighted by Crippen LogP contribution is 2.38. The van der Waals surface area contributed by atoms with E-state index in [9.17, 15) is 18.0 Å². The Hall–Kier alpha value is -1.98. The third-order valence-electron chi connectivity index (χ3n) is 4.10. The van der Waals surface area contributed by atoms with Gasteiger partial charge in [0.15, 0.2) is 0 Å². The van der Waals surface area contributed by atoms with E-state index in [4.69, 9.17) is 4.42 Å². The molecule has 0 spiro atoms. The minimum atomic E-state index is -4.58. The van der Waals surface area contributed by atoms with Crippen LogP contribution in [0.3, 0.4) is 0 Å². The second kappa shape index (κ2) is 4.76. The van der Waals surface area contributed by atoms with Crippen LogP contribution < -0.4 is 10.9 Å². The van der Waals surface area contributed by atoms with E-state index < -0.39 is 17.4 Å². The summed E-state index contributed by atoms with van der Waals surface area (Å²) in [5.74, 6) is 0. The molecule has 0 atom stereocenters. The lowest BCUT2D eigenvalue weighted by Gasteiger charge is -2.21. The fourth-order valence-electron chi connectivity index (χ4n) is 2.75. The summed E-state index contributed by atoms with van der Waals surface area (Å²) in [4.78, 5) is 11.4. The van der Waals surface area contributed by atoms with E-state index in [0.29, 0.717) is 19.0 Å². The fourth-order valence-corrected chi connectivity index (χ4v) is 2.75. The van der Waals surface area contributed by atoms with Crippen molar-refractivity contribution in [3.63, 3.8) is 0 Å². The first kappa shape index (κ1) is 14.9. The number of nitrogens with one attached hydrogen (secondary N) is 1. The molecule has 1 aromatic heterocycles. The van der Waals surface area contributed by atoms with Gasteiger partial charge in [-0.2, -0.15) is 13.2 Å². The van der Waals surface area contributed by atoms with Gasteiger partial charge in [0.1, 0.15) is 5.58 Å². The van der Waals surface area contributed by atoms with Crippen LogP contribution in [-0.2, 0) is 12.6 Å². The Bertz CT molecular complexity index is 790. The summed E-state index contributed by atoms with van der Waals surface area (Å²) in [7, 11) is 0. The van der Waals surface area contributed by atoms with Gasteiger partial charge < -0.3 is 9.73 Å². The quantitative estimate of drug-likeness (QED) is 0.742. The number of hydrogen-bond acceptors (Lipinski definition) is 3. The van der Waals surface area contributed by atoms with Crippen molar-refractivity contribution in [2.45, 2.75) is 32.9 Å². The zero-order valence-corrected chi connectivity index (χ0v) is 12.3. The van der Waals surface area contributed by atoms with Crippen molar-refractivity contribution in [3.05, 3.63) is 39.7 Å². The minimum absolute atomic E-state index is 0.0363. The predicted octanol–water partition coefficient (Wildman–Crippen LogP) is 4.20. The normalized spacial score (nSPS) is 17.7. The minimum Gasteiger partial charge on any atom is -0.423 e. The first-order valence-electron chi connectivity index (χ1n) is 7.08. The van der Waals surface area contributed by atoms with Crippen LogP contribution in [0.15, 0.2) is 27.4 Å². The maximum Gasteiger partial charge on any atom is 0.417 e. The van der Waals surface area contributed by atoms with Gasteiger partial charge in [-0.05, 0) is 29.9 Å². The number of alkyl halides is 3. The highest BCUT2D eigenvalue weighted by molar-refractivity contribution is 5.85. The van der Waals surface area contributed by atoms with Crippen molar-refractivity contribution in [2.24, 2.45) is 5.41 Å². The average molecular weight is 311 g/mol. The molecule has 3 nitrogen and oxygen atoms in total. The van der Waals surface area contributed by atoms with Crippen LogP contribution in [-0.4, -0.2) is 6.54 Å². The molecular weight excluding hydrogens is 295 g/mol. The molecule has 1 aromatic carbocycles. The molecule has 2 heterocycles. The van der Waals surface area contributed by atoms with Crippen molar-refractivity contribution in [3.8, 4) is 0 Å². The van der Waals surface area contributed by atoms with Crippen molar-refractivity contribution in [2.75, 3.05) is 11.9 Å². The second-order valence-corrected chi connectivity index (χ2v) is 6.50. The maximum absolute atomic E-state index is 13.1. The van der Waals surface area contributed by atoms with Crippen LogP contribution in [0.5, 0.6) is 0 Å². The van der Waals surface area contributed by atoms with Gasteiger partial charge in [0.2, 0.25) is 0 Å². The Morgan fingerprint density at radius 3 is 2.64 bits per heavy atom. The smallest absolute Gasteiger partial charge is 0.417 e. The van der Waals surface area contributed by atoms with Crippen LogP contribution in [0.25, 0.3) is 11.0 Å². The molecule has 0 saturated carbocycles. The molecule has 22 heavy (non-hydrogen) atoms. The van der Waals surface area contributed by atoms with Gasteiger partial charge in [-0.1, -0.05) is 13.8 Å². The van der Waals surface area contributed by atoms with Crippen LogP contribution in [0.2, 0.25) is 0 Å². The zero-order chi connectivity index (χ0) is 16.1. The second-order valence-electron chi connectivity index (χ2n) is 6.50. The fraction of sp³-hybridized carbons (Fsp3) is 0.438. The molecule has 0 unspecified atom stereocenters. The third-order valence-corrected chi connectivity index (χ3v) is 4.10. The molecule has 0 radical (unpaired) electrons. The molecule has 0 fully saturated rings. The van der Waals surface area contributed by atoms with Crippen molar-refractivity contribution in [1.29, 1.82) is 0 Å². The first-order chi connectivity index (χ1) is 10.2. The lowest BCUT2D eigenvalue weighted by molar-refractivity contribution is -0.136. The zero-order valence-electron chi connectivity index (χ0n) is 12.3. The largest absolute Gasteiger partial charge is 0.423 e. The highest BCUT2D eigenvalue weighted by Gasteiger charge is 2.34. The van der Waals surface area contributed by atoms with Gasteiger partial charge in [0.25, 0.3) is 0 Å². The summed E-state index contributed by atoms with van der Waals surface area (Å²) >= 11 is 0. The van der Waals surface area contributed by atoms with E-state index in [0.717, 1.165) is 17.7 Å². The molecule has 1 aliphatic rings. The molecule has 0 bridgehead atoms. The number of halogens is 3. The van der Waals surface area contributed by atoms with E-state index in [2.05, 4.69) is 19.2 Å². The monoisotopic (exact) mass is 311 g/mol. The molecule has 3 rings (SSSR count). The lowest BCUT2D eigenvalue weighted by Crippen LogP contribution is -2.21. The molecule has 1 aliphatic heterocycles.